The minimum atomic E-state index is -3.48. The molecule has 1 fully saturated rings. The van der Waals surface area contributed by atoms with E-state index in [1.807, 2.05) is 29.4 Å². The highest BCUT2D eigenvalue weighted by molar-refractivity contribution is 7.88. The first-order chi connectivity index (χ1) is 14.6. The molecule has 7 nitrogen and oxygen atoms in total. The summed E-state index contributed by atoms with van der Waals surface area (Å²) in [6, 6.07) is 6.35. The molecule has 1 aromatic carbocycles. The summed E-state index contributed by atoms with van der Waals surface area (Å²) in [5.41, 5.74) is 0.693. The fourth-order valence-corrected chi connectivity index (χ4v) is 6.24. The number of halogens is 1. The normalized spacial score (nSPS) is 19.1. The van der Waals surface area contributed by atoms with Crippen LogP contribution in [0.15, 0.2) is 30.5 Å². The van der Waals surface area contributed by atoms with Crippen molar-refractivity contribution in [2.24, 2.45) is 5.92 Å². The van der Waals surface area contributed by atoms with E-state index in [0.717, 1.165) is 5.69 Å². The van der Waals surface area contributed by atoms with Gasteiger partial charge in [0.15, 0.2) is 0 Å². The highest BCUT2D eigenvalue weighted by atomic mass is 32.2. The summed E-state index contributed by atoms with van der Waals surface area (Å²) < 4.78 is 42.8. The van der Waals surface area contributed by atoms with Crippen molar-refractivity contribution >= 4 is 15.9 Å². The van der Waals surface area contributed by atoms with Gasteiger partial charge in [-0.15, -0.1) is 0 Å². The zero-order valence-electron chi connectivity index (χ0n) is 18.2. The van der Waals surface area contributed by atoms with Crippen molar-refractivity contribution in [3.05, 3.63) is 42.1 Å². The van der Waals surface area contributed by atoms with Crippen molar-refractivity contribution in [2.75, 3.05) is 25.9 Å². The van der Waals surface area contributed by atoms with Gasteiger partial charge in [-0.1, -0.05) is 26.0 Å². The molecule has 4 rings (SSSR count). The first kappa shape index (κ1) is 22.0. The third-order valence-corrected chi connectivity index (χ3v) is 7.66. The summed E-state index contributed by atoms with van der Waals surface area (Å²) in [6.07, 6.45) is 4.40. The summed E-state index contributed by atoms with van der Waals surface area (Å²) >= 11 is 0. The molecule has 3 heterocycles. The molecule has 0 unspecified atom stereocenters. The SMILES string of the molecule is CC(C)CC(=O)N1CCC2(CC1)c1ncc(-c3cccc(F)c3)n1CCN2S(C)(=O)=O. The lowest BCUT2D eigenvalue weighted by Gasteiger charge is -2.49. The van der Waals surface area contributed by atoms with Crippen LogP contribution in [0.4, 0.5) is 4.39 Å². The summed E-state index contributed by atoms with van der Waals surface area (Å²) in [5, 5.41) is 0. The largest absolute Gasteiger partial charge is 0.343 e. The van der Waals surface area contributed by atoms with Gasteiger partial charge in [0.1, 0.15) is 11.6 Å². The molecule has 2 aliphatic rings. The second-order valence-corrected chi connectivity index (χ2v) is 10.9. The standard InChI is InChI=1S/C22H29FN4O3S/c1-16(2)13-20(28)25-9-7-22(8-10-25)21-24-15-19(17-5-4-6-18(23)14-17)26(21)11-12-27(22)31(3,29)30/h4-6,14-16H,7-13H2,1-3H3. The molecule has 2 aromatic rings. The van der Waals surface area contributed by atoms with Crippen LogP contribution in [0.3, 0.4) is 0 Å². The highest BCUT2D eigenvalue weighted by Crippen LogP contribution is 2.43. The fraction of sp³-hybridized carbons (Fsp3) is 0.545. The van der Waals surface area contributed by atoms with Crippen LogP contribution in [0.2, 0.25) is 0 Å². The number of carbonyl (C=O) groups excluding carboxylic acids is 1. The number of piperidine rings is 1. The quantitative estimate of drug-likeness (QED) is 0.721. The number of hydrogen-bond acceptors (Lipinski definition) is 4. The van der Waals surface area contributed by atoms with Crippen LogP contribution >= 0.6 is 0 Å². The van der Waals surface area contributed by atoms with Crippen LogP contribution < -0.4 is 0 Å². The number of likely N-dealkylation sites (tertiary alicyclic amines) is 1. The van der Waals surface area contributed by atoms with Crippen LogP contribution in [0.5, 0.6) is 0 Å². The van der Waals surface area contributed by atoms with Gasteiger partial charge in [-0.25, -0.2) is 17.8 Å². The molecule has 0 saturated carbocycles. The molecule has 0 aliphatic carbocycles. The molecule has 1 aromatic heterocycles. The Balaban J connectivity index is 1.72. The maximum atomic E-state index is 13.8. The van der Waals surface area contributed by atoms with Gasteiger partial charge >= 0.3 is 0 Å². The fourth-order valence-electron chi connectivity index (χ4n) is 4.93. The number of aromatic nitrogens is 2. The van der Waals surface area contributed by atoms with Gasteiger partial charge in [0.05, 0.1) is 23.7 Å². The van der Waals surface area contributed by atoms with Gasteiger partial charge in [-0.2, -0.15) is 4.31 Å². The molecule has 9 heteroatoms. The van der Waals surface area contributed by atoms with Gasteiger partial charge in [0.2, 0.25) is 15.9 Å². The van der Waals surface area contributed by atoms with Gasteiger partial charge in [-0.05, 0) is 30.9 Å². The number of rotatable bonds is 4. The number of amides is 1. The van der Waals surface area contributed by atoms with E-state index < -0.39 is 15.6 Å². The predicted octanol–water partition coefficient (Wildman–Crippen LogP) is 2.83. The van der Waals surface area contributed by atoms with Gasteiger partial charge in [-0.3, -0.25) is 4.79 Å². The second kappa shape index (κ2) is 8.02. The lowest BCUT2D eigenvalue weighted by Crippen LogP contribution is -2.59. The van der Waals surface area contributed by atoms with Crippen LogP contribution in [-0.4, -0.2) is 59.0 Å². The lowest BCUT2D eigenvalue weighted by atomic mass is 9.84. The topological polar surface area (TPSA) is 75.5 Å². The summed E-state index contributed by atoms with van der Waals surface area (Å²) in [7, 11) is -3.48. The van der Waals surface area contributed by atoms with Crippen LogP contribution in [0.1, 0.15) is 38.9 Å². The van der Waals surface area contributed by atoms with E-state index in [-0.39, 0.29) is 17.6 Å². The van der Waals surface area contributed by atoms with Gasteiger partial charge < -0.3 is 9.47 Å². The van der Waals surface area contributed by atoms with Crippen molar-refractivity contribution < 1.29 is 17.6 Å². The number of benzene rings is 1. The highest BCUT2D eigenvalue weighted by Gasteiger charge is 2.51. The monoisotopic (exact) mass is 448 g/mol. The Labute approximate surface area is 182 Å². The maximum Gasteiger partial charge on any atom is 0.222 e. The number of imidazole rings is 1. The lowest BCUT2D eigenvalue weighted by molar-refractivity contribution is -0.134. The third-order valence-electron chi connectivity index (χ3n) is 6.32. The molecular weight excluding hydrogens is 419 g/mol. The molecule has 0 atom stereocenters. The van der Waals surface area contributed by atoms with Crippen LogP contribution in [-0.2, 0) is 26.9 Å². The van der Waals surface area contributed by atoms with Crippen molar-refractivity contribution in [3.8, 4) is 11.3 Å². The zero-order valence-corrected chi connectivity index (χ0v) is 19.0. The Morgan fingerprint density at radius 2 is 1.90 bits per heavy atom. The molecular formula is C22H29FN4O3S. The molecule has 1 spiro atoms. The van der Waals surface area contributed by atoms with Crippen molar-refractivity contribution in [2.45, 2.75) is 45.2 Å². The Morgan fingerprint density at radius 1 is 1.19 bits per heavy atom. The molecule has 2 aliphatic heterocycles. The molecule has 1 amide bonds. The Morgan fingerprint density at radius 3 is 2.52 bits per heavy atom. The number of sulfonamides is 1. The van der Waals surface area contributed by atoms with Crippen LogP contribution in [0.25, 0.3) is 11.3 Å². The van der Waals surface area contributed by atoms with Crippen LogP contribution in [0, 0.1) is 11.7 Å². The van der Waals surface area contributed by atoms with E-state index in [0.29, 0.717) is 56.8 Å². The Hall–Kier alpha value is -2.26. The number of hydrogen-bond donors (Lipinski definition) is 0. The molecule has 0 bridgehead atoms. The number of carbonyl (C=O) groups is 1. The zero-order chi connectivity index (χ0) is 22.4. The predicted molar refractivity (Wildman–Crippen MR) is 116 cm³/mol. The van der Waals surface area contributed by atoms with E-state index in [9.17, 15) is 17.6 Å². The number of fused-ring (bicyclic) bond motifs is 2. The summed E-state index contributed by atoms with van der Waals surface area (Å²) in [5.74, 6) is 0.737. The van der Waals surface area contributed by atoms with E-state index in [4.69, 9.17) is 0 Å². The van der Waals surface area contributed by atoms with Crippen molar-refractivity contribution in [1.82, 2.24) is 18.8 Å². The van der Waals surface area contributed by atoms with Crippen molar-refractivity contribution in [1.29, 1.82) is 0 Å². The Kier molecular flexibility index (Phi) is 5.68. The Bertz CT molecular complexity index is 1090. The van der Waals surface area contributed by atoms with Crippen molar-refractivity contribution in [3.63, 3.8) is 0 Å². The van der Waals surface area contributed by atoms with Gasteiger partial charge in [0, 0.05) is 38.2 Å². The van der Waals surface area contributed by atoms with E-state index in [1.54, 1.807) is 16.6 Å². The molecule has 0 N–H and O–H groups in total. The molecule has 0 radical (unpaired) electrons. The van der Waals surface area contributed by atoms with E-state index in [1.165, 1.54) is 18.4 Å². The van der Waals surface area contributed by atoms with Gasteiger partial charge in [0.25, 0.3) is 0 Å². The first-order valence-corrected chi connectivity index (χ1v) is 12.5. The summed E-state index contributed by atoms with van der Waals surface area (Å²) in [4.78, 5) is 19.0. The van der Waals surface area contributed by atoms with E-state index >= 15 is 0 Å². The molecule has 31 heavy (non-hydrogen) atoms. The number of nitrogens with zero attached hydrogens (tertiary/aromatic N) is 4. The average molecular weight is 449 g/mol. The second-order valence-electron chi connectivity index (χ2n) is 8.97. The smallest absolute Gasteiger partial charge is 0.222 e. The van der Waals surface area contributed by atoms with E-state index in [2.05, 4.69) is 4.98 Å². The minimum absolute atomic E-state index is 0.107. The third kappa shape index (κ3) is 4.01. The average Bonchev–Trinajstić information content (AvgIpc) is 3.12. The molecule has 168 valence electrons. The minimum Gasteiger partial charge on any atom is -0.343 e. The molecule has 1 saturated heterocycles. The first-order valence-electron chi connectivity index (χ1n) is 10.7. The summed E-state index contributed by atoms with van der Waals surface area (Å²) in [6.45, 7) is 5.77. The maximum absolute atomic E-state index is 13.8.